The fraction of sp³-hybridized carbons (Fsp3) is 0.750. The van der Waals surface area contributed by atoms with E-state index in [9.17, 15) is 18.4 Å². The van der Waals surface area contributed by atoms with Crippen LogP contribution in [0.15, 0.2) is 0 Å². The summed E-state index contributed by atoms with van der Waals surface area (Å²) in [5.74, 6) is -2.29. The van der Waals surface area contributed by atoms with Crippen molar-refractivity contribution in [1.82, 2.24) is 0 Å². The molecule has 0 bridgehead atoms. The van der Waals surface area contributed by atoms with Gasteiger partial charge in [0.25, 0.3) is 0 Å². The molecule has 0 unspecified atom stereocenters. The molecule has 0 spiro atoms. The van der Waals surface area contributed by atoms with Crippen molar-refractivity contribution in [1.29, 1.82) is 0 Å². The predicted molar refractivity (Wildman–Crippen MR) is 40.9 cm³/mol. The Labute approximate surface area is 78.8 Å². The van der Waals surface area contributed by atoms with Gasteiger partial charge < -0.3 is 9.84 Å². The number of carboxylic acids is 1. The molecule has 0 radical (unpaired) electrons. The van der Waals surface area contributed by atoms with E-state index in [0.717, 1.165) is 0 Å². The van der Waals surface area contributed by atoms with E-state index in [1.807, 2.05) is 0 Å². The van der Waals surface area contributed by atoms with E-state index >= 15 is 0 Å². The van der Waals surface area contributed by atoms with Crippen LogP contribution in [0.5, 0.6) is 0 Å². The zero-order valence-corrected chi connectivity index (χ0v) is 7.33. The van der Waals surface area contributed by atoms with E-state index in [0.29, 0.717) is 0 Å². The van der Waals surface area contributed by atoms with Crippen LogP contribution in [0.3, 0.4) is 0 Å². The monoisotopic (exact) mass is 208 g/mol. The van der Waals surface area contributed by atoms with Crippen molar-refractivity contribution in [2.24, 2.45) is 0 Å². The number of hydrogen-bond donors (Lipinski definition) is 1. The molecule has 6 heteroatoms. The van der Waals surface area contributed by atoms with E-state index in [4.69, 9.17) is 5.11 Å². The van der Waals surface area contributed by atoms with Crippen LogP contribution < -0.4 is 0 Å². The van der Waals surface area contributed by atoms with Crippen LogP contribution in [0, 0.1) is 0 Å². The molecule has 0 aromatic rings. The summed E-state index contributed by atoms with van der Waals surface area (Å²) in [6, 6.07) is 0. The number of aliphatic carboxylic acids is 1. The summed E-state index contributed by atoms with van der Waals surface area (Å²) < 4.78 is 29.1. The minimum atomic E-state index is -4.15. The van der Waals surface area contributed by atoms with E-state index in [1.54, 1.807) is 0 Å². The lowest BCUT2D eigenvalue weighted by Gasteiger charge is -2.24. The first-order chi connectivity index (χ1) is 6.42. The van der Waals surface area contributed by atoms with Crippen molar-refractivity contribution < 1.29 is 28.2 Å². The Morgan fingerprint density at radius 1 is 1.43 bits per heavy atom. The summed E-state index contributed by atoms with van der Waals surface area (Å²) >= 11 is 0. The van der Waals surface area contributed by atoms with Gasteiger partial charge in [-0.2, -0.15) is 8.78 Å². The first kappa shape index (κ1) is 11.0. The number of alkyl halides is 2. The number of ether oxygens (including phenoxy) is 1. The van der Waals surface area contributed by atoms with Gasteiger partial charge in [0.05, 0.1) is 6.10 Å². The molecule has 1 saturated carbocycles. The number of carbonyl (C=O) groups is 2. The fourth-order valence-corrected chi connectivity index (χ4v) is 1.29. The molecular weight excluding hydrogens is 198 g/mol. The quantitative estimate of drug-likeness (QED) is 0.756. The van der Waals surface area contributed by atoms with E-state index in [1.165, 1.54) is 0 Å². The molecule has 1 aliphatic carbocycles. The highest BCUT2D eigenvalue weighted by Crippen LogP contribution is 2.25. The zero-order valence-electron chi connectivity index (χ0n) is 7.33. The molecular formula is C8H10F2O4. The maximum absolute atomic E-state index is 12.5. The molecule has 0 heterocycles. The number of ketones is 1. The SMILES string of the molecule is O=C1CCC(OC(F)(F)C(=O)O)CC1. The van der Waals surface area contributed by atoms with Gasteiger partial charge in [0.15, 0.2) is 0 Å². The van der Waals surface area contributed by atoms with Crippen molar-refractivity contribution in [3.05, 3.63) is 0 Å². The number of carboxylic acid groups (broad SMARTS) is 1. The standard InChI is InChI=1S/C8H10F2O4/c9-8(10,7(12)13)14-6-3-1-5(11)2-4-6/h6H,1-4H2,(H,12,13). The van der Waals surface area contributed by atoms with Gasteiger partial charge in [0.1, 0.15) is 5.78 Å². The second-order valence-corrected chi connectivity index (χ2v) is 3.18. The van der Waals surface area contributed by atoms with Gasteiger partial charge in [0.2, 0.25) is 0 Å². The summed E-state index contributed by atoms with van der Waals surface area (Å²) in [6.45, 7) is 0. The summed E-state index contributed by atoms with van der Waals surface area (Å²) in [7, 11) is 0. The second kappa shape index (κ2) is 4.00. The van der Waals surface area contributed by atoms with Crippen LogP contribution in [0.25, 0.3) is 0 Å². The molecule has 80 valence electrons. The van der Waals surface area contributed by atoms with Gasteiger partial charge in [0, 0.05) is 12.8 Å². The Balaban J connectivity index is 2.45. The van der Waals surface area contributed by atoms with Crippen LogP contribution in [-0.2, 0) is 14.3 Å². The van der Waals surface area contributed by atoms with Crippen molar-refractivity contribution in [3.63, 3.8) is 0 Å². The maximum atomic E-state index is 12.5. The summed E-state index contributed by atoms with van der Waals surface area (Å²) in [4.78, 5) is 20.8. The van der Waals surface area contributed by atoms with Crippen LogP contribution in [0.2, 0.25) is 0 Å². The molecule has 0 atom stereocenters. The highest BCUT2D eigenvalue weighted by Gasteiger charge is 2.43. The van der Waals surface area contributed by atoms with Crippen LogP contribution in [0.4, 0.5) is 8.78 Å². The smallest absolute Gasteiger partial charge is 0.456 e. The summed E-state index contributed by atoms with van der Waals surface area (Å²) in [5, 5.41) is 8.08. The normalized spacial score (nSPS) is 19.7. The third-order valence-electron chi connectivity index (χ3n) is 2.05. The Hall–Kier alpha value is -1.04. The average molecular weight is 208 g/mol. The summed E-state index contributed by atoms with van der Waals surface area (Å²) in [5.41, 5.74) is 0. The van der Waals surface area contributed by atoms with Gasteiger partial charge in [-0.15, -0.1) is 0 Å². The first-order valence-electron chi connectivity index (χ1n) is 4.22. The van der Waals surface area contributed by atoms with Gasteiger partial charge >= 0.3 is 12.1 Å². The van der Waals surface area contributed by atoms with Crippen molar-refractivity contribution in [2.75, 3.05) is 0 Å². The molecule has 1 aliphatic rings. The zero-order chi connectivity index (χ0) is 10.8. The Kier molecular flexibility index (Phi) is 3.15. The fourth-order valence-electron chi connectivity index (χ4n) is 1.29. The number of halogens is 2. The Morgan fingerprint density at radius 3 is 2.36 bits per heavy atom. The molecule has 0 aliphatic heterocycles. The van der Waals surface area contributed by atoms with Crippen LogP contribution >= 0.6 is 0 Å². The Morgan fingerprint density at radius 2 is 1.93 bits per heavy atom. The van der Waals surface area contributed by atoms with Crippen LogP contribution in [-0.4, -0.2) is 29.1 Å². The van der Waals surface area contributed by atoms with Gasteiger partial charge in [-0.1, -0.05) is 0 Å². The molecule has 4 nitrogen and oxygen atoms in total. The minimum Gasteiger partial charge on any atom is -0.475 e. The highest BCUT2D eigenvalue weighted by molar-refractivity contribution is 5.79. The third-order valence-corrected chi connectivity index (χ3v) is 2.05. The molecule has 1 rings (SSSR count). The molecule has 0 aromatic carbocycles. The molecule has 0 amide bonds. The number of rotatable bonds is 3. The van der Waals surface area contributed by atoms with Gasteiger partial charge in [-0.05, 0) is 12.8 Å². The van der Waals surface area contributed by atoms with Crippen molar-refractivity contribution >= 4 is 11.8 Å². The maximum Gasteiger partial charge on any atom is 0.456 e. The van der Waals surface area contributed by atoms with Gasteiger partial charge in [-0.3, -0.25) is 4.79 Å². The topological polar surface area (TPSA) is 63.6 Å². The molecule has 1 fully saturated rings. The van der Waals surface area contributed by atoms with Gasteiger partial charge in [-0.25, -0.2) is 4.79 Å². The molecule has 1 N–H and O–H groups in total. The van der Waals surface area contributed by atoms with Crippen LogP contribution in [0.1, 0.15) is 25.7 Å². The van der Waals surface area contributed by atoms with Crippen molar-refractivity contribution in [3.8, 4) is 0 Å². The first-order valence-corrected chi connectivity index (χ1v) is 4.22. The number of carbonyl (C=O) groups excluding carboxylic acids is 1. The summed E-state index contributed by atoms with van der Waals surface area (Å²) in [6.07, 6.45) is -4.28. The lowest BCUT2D eigenvalue weighted by molar-refractivity contribution is -0.265. The van der Waals surface area contributed by atoms with E-state index in [2.05, 4.69) is 4.74 Å². The second-order valence-electron chi connectivity index (χ2n) is 3.18. The number of Topliss-reactive ketones (excluding diaryl/α,β-unsaturated/α-hetero) is 1. The highest BCUT2D eigenvalue weighted by atomic mass is 19.3. The van der Waals surface area contributed by atoms with E-state index < -0.39 is 18.2 Å². The predicted octanol–water partition coefficient (Wildman–Crippen LogP) is 1.19. The van der Waals surface area contributed by atoms with Crippen molar-refractivity contribution in [2.45, 2.75) is 37.9 Å². The molecule has 0 saturated heterocycles. The largest absolute Gasteiger partial charge is 0.475 e. The minimum absolute atomic E-state index is 0.00323. The average Bonchev–Trinajstić information content (AvgIpc) is 2.08. The lowest BCUT2D eigenvalue weighted by Crippen LogP contribution is -2.37. The lowest BCUT2D eigenvalue weighted by atomic mass is 9.96. The third kappa shape index (κ3) is 2.73. The van der Waals surface area contributed by atoms with E-state index in [-0.39, 0.29) is 31.5 Å². The number of hydrogen-bond acceptors (Lipinski definition) is 3. The molecule has 14 heavy (non-hydrogen) atoms. The molecule has 0 aromatic heterocycles. The Bertz CT molecular complexity index is 242.